The number of guanidine groups is 1. The van der Waals surface area contributed by atoms with Crippen molar-refractivity contribution >= 4 is 50.0 Å². The lowest BCUT2D eigenvalue weighted by atomic mass is 9.73. The van der Waals surface area contributed by atoms with Gasteiger partial charge in [-0.2, -0.15) is 0 Å². The van der Waals surface area contributed by atoms with Crippen molar-refractivity contribution in [2.45, 2.75) is 32.7 Å². The Balaban J connectivity index is 1.55. The Labute approximate surface area is 183 Å². The molecule has 1 aliphatic carbocycles. The predicted molar refractivity (Wildman–Crippen MR) is 123 cm³/mol. The number of ketones is 1. The van der Waals surface area contributed by atoms with Crippen LogP contribution < -0.4 is 10.6 Å². The first-order valence-corrected chi connectivity index (χ1v) is 11.1. The van der Waals surface area contributed by atoms with Crippen LogP contribution in [0.25, 0.3) is 10.2 Å². The van der Waals surface area contributed by atoms with Crippen LogP contribution in [-0.4, -0.2) is 16.7 Å². The number of carbonyl (C=O) groups excluding carboxylic acids is 1. The number of halogens is 1. The Hall–Kier alpha value is -2.70. The third-order valence-electron chi connectivity index (χ3n) is 5.40. The Kier molecular flexibility index (Phi) is 4.64. The third kappa shape index (κ3) is 3.61. The first-order valence-electron chi connectivity index (χ1n) is 9.87. The van der Waals surface area contributed by atoms with E-state index in [9.17, 15) is 4.79 Å². The number of thiazole rings is 1. The number of hydrogen-bond acceptors (Lipinski definition) is 6. The normalized spacial score (nSPS) is 20.6. The van der Waals surface area contributed by atoms with Crippen LogP contribution in [0.2, 0.25) is 5.02 Å². The fourth-order valence-corrected chi connectivity index (χ4v) is 5.20. The largest absolute Gasteiger partial charge is 0.329 e. The number of nitrogens with one attached hydrogen (secondary N) is 2. The van der Waals surface area contributed by atoms with Crippen LogP contribution in [0.5, 0.6) is 0 Å². The van der Waals surface area contributed by atoms with Gasteiger partial charge in [0.25, 0.3) is 0 Å². The van der Waals surface area contributed by atoms with E-state index in [2.05, 4.69) is 29.5 Å². The zero-order valence-corrected chi connectivity index (χ0v) is 18.3. The molecule has 0 bridgehead atoms. The molecule has 7 heteroatoms. The molecule has 0 saturated heterocycles. The zero-order valence-electron chi connectivity index (χ0n) is 16.7. The van der Waals surface area contributed by atoms with E-state index in [1.807, 2.05) is 48.5 Å². The minimum atomic E-state index is -0.388. The average Bonchev–Trinajstić information content (AvgIpc) is 3.08. The van der Waals surface area contributed by atoms with Gasteiger partial charge in [-0.25, -0.2) is 9.98 Å². The van der Waals surface area contributed by atoms with E-state index in [0.717, 1.165) is 38.6 Å². The number of aromatic nitrogens is 1. The lowest BCUT2D eigenvalue weighted by Gasteiger charge is -2.37. The molecule has 30 heavy (non-hydrogen) atoms. The number of allylic oxidation sites excluding steroid dienone is 1. The maximum Gasteiger partial charge on any atom is 0.202 e. The zero-order chi connectivity index (χ0) is 20.9. The molecule has 0 spiro atoms. The van der Waals surface area contributed by atoms with Crippen LogP contribution in [0, 0.1) is 5.41 Å². The number of carbonyl (C=O) groups is 1. The molecule has 3 aromatic rings. The minimum absolute atomic E-state index is 0.0971. The molecule has 5 rings (SSSR count). The van der Waals surface area contributed by atoms with Gasteiger partial charge in [-0.1, -0.05) is 61.1 Å². The smallest absolute Gasteiger partial charge is 0.202 e. The van der Waals surface area contributed by atoms with Crippen molar-refractivity contribution in [1.82, 2.24) is 10.3 Å². The Bertz CT molecular complexity index is 1190. The summed E-state index contributed by atoms with van der Waals surface area (Å²) < 4.78 is 1.11. The van der Waals surface area contributed by atoms with Crippen molar-refractivity contribution in [2.75, 3.05) is 5.32 Å². The van der Waals surface area contributed by atoms with Gasteiger partial charge in [0.1, 0.15) is 6.04 Å². The van der Waals surface area contributed by atoms with Crippen molar-refractivity contribution in [3.63, 3.8) is 0 Å². The summed E-state index contributed by atoms with van der Waals surface area (Å²) in [4.78, 5) is 22.6. The van der Waals surface area contributed by atoms with Crippen LogP contribution >= 0.6 is 22.9 Å². The number of hydrogen-bond donors (Lipinski definition) is 2. The molecule has 0 fully saturated rings. The topological polar surface area (TPSA) is 66.4 Å². The summed E-state index contributed by atoms with van der Waals surface area (Å²) in [7, 11) is 0. The van der Waals surface area contributed by atoms with Gasteiger partial charge in [0, 0.05) is 22.7 Å². The third-order valence-corrected chi connectivity index (χ3v) is 6.59. The lowest BCUT2D eigenvalue weighted by Crippen LogP contribution is -2.41. The van der Waals surface area contributed by atoms with E-state index in [-0.39, 0.29) is 17.2 Å². The molecule has 1 unspecified atom stereocenters. The lowest BCUT2D eigenvalue weighted by molar-refractivity contribution is -0.118. The molecule has 2 aromatic carbocycles. The van der Waals surface area contributed by atoms with E-state index in [1.54, 1.807) is 11.3 Å². The summed E-state index contributed by atoms with van der Waals surface area (Å²) in [5.74, 6) is 0.741. The van der Waals surface area contributed by atoms with Crippen molar-refractivity contribution in [3.8, 4) is 0 Å². The number of para-hydroxylation sites is 1. The molecule has 0 amide bonds. The van der Waals surface area contributed by atoms with E-state index in [0.29, 0.717) is 17.4 Å². The quantitative estimate of drug-likeness (QED) is 0.540. The summed E-state index contributed by atoms with van der Waals surface area (Å²) in [5, 5.41) is 8.10. The van der Waals surface area contributed by atoms with Gasteiger partial charge < -0.3 is 10.6 Å². The molecular formula is C23H21ClN4OS. The maximum absolute atomic E-state index is 13.1. The highest BCUT2D eigenvalue weighted by Crippen LogP contribution is 2.43. The number of anilines is 1. The number of aliphatic imine (C=N–C) groups is 1. The molecule has 0 saturated carbocycles. The Morgan fingerprint density at radius 2 is 2.00 bits per heavy atom. The van der Waals surface area contributed by atoms with Crippen LogP contribution in [-0.2, 0) is 4.79 Å². The van der Waals surface area contributed by atoms with Gasteiger partial charge in [-0.3, -0.25) is 4.79 Å². The SMILES string of the molecule is CC1(C)CC(=O)C2=C(C1)NC(Nc1nc3ccccc3s1)=NC2c1cccc(Cl)c1. The van der Waals surface area contributed by atoms with Gasteiger partial charge in [0.15, 0.2) is 10.9 Å². The second kappa shape index (κ2) is 7.22. The number of rotatable bonds is 2. The fraction of sp³-hybridized carbons (Fsp3) is 0.261. The van der Waals surface area contributed by atoms with Crippen molar-refractivity contribution < 1.29 is 4.79 Å². The molecule has 5 nitrogen and oxygen atoms in total. The van der Waals surface area contributed by atoms with E-state index >= 15 is 0 Å². The number of benzene rings is 2. The molecule has 1 atom stereocenters. The van der Waals surface area contributed by atoms with E-state index in [1.165, 1.54) is 0 Å². The van der Waals surface area contributed by atoms with E-state index < -0.39 is 0 Å². The molecule has 1 aromatic heterocycles. The van der Waals surface area contributed by atoms with Gasteiger partial charge in [-0.15, -0.1) is 0 Å². The molecule has 1 aliphatic heterocycles. The average molecular weight is 437 g/mol. The Morgan fingerprint density at radius 3 is 2.80 bits per heavy atom. The van der Waals surface area contributed by atoms with E-state index in [4.69, 9.17) is 16.6 Å². The van der Waals surface area contributed by atoms with Crippen LogP contribution in [0.1, 0.15) is 38.3 Å². The highest BCUT2D eigenvalue weighted by molar-refractivity contribution is 7.22. The van der Waals surface area contributed by atoms with Crippen LogP contribution in [0.3, 0.4) is 0 Å². The second-order valence-electron chi connectivity index (χ2n) is 8.51. The molecule has 152 valence electrons. The number of fused-ring (bicyclic) bond motifs is 1. The summed E-state index contributed by atoms with van der Waals surface area (Å²) in [6.07, 6.45) is 1.30. The second-order valence-corrected chi connectivity index (χ2v) is 9.97. The van der Waals surface area contributed by atoms with Gasteiger partial charge in [0.2, 0.25) is 5.96 Å². The standard InChI is InChI=1S/C23H21ClN4OS/c1-23(2)11-16-19(17(29)12-23)20(13-6-5-7-14(24)10-13)27-21(25-16)28-22-26-15-8-3-4-9-18(15)30-22/h3-10,20H,11-12H2,1-2H3,(H2,25,26,27,28). The number of nitrogens with zero attached hydrogens (tertiary/aromatic N) is 2. The van der Waals surface area contributed by atoms with Crippen molar-refractivity contribution in [1.29, 1.82) is 0 Å². The minimum Gasteiger partial charge on any atom is -0.329 e. The summed E-state index contributed by atoms with van der Waals surface area (Å²) in [6, 6.07) is 15.2. The van der Waals surface area contributed by atoms with Gasteiger partial charge in [-0.05, 0) is 41.7 Å². The molecule has 2 N–H and O–H groups in total. The highest BCUT2D eigenvalue weighted by Gasteiger charge is 2.39. The summed E-state index contributed by atoms with van der Waals surface area (Å²) >= 11 is 7.82. The molecule has 2 heterocycles. The fourth-order valence-electron chi connectivity index (χ4n) is 4.14. The Morgan fingerprint density at radius 1 is 1.17 bits per heavy atom. The van der Waals surface area contributed by atoms with Gasteiger partial charge >= 0.3 is 0 Å². The van der Waals surface area contributed by atoms with Gasteiger partial charge in [0.05, 0.1) is 10.2 Å². The van der Waals surface area contributed by atoms with Crippen molar-refractivity contribution in [2.24, 2.45) is 10.4 Å². The first kappa shape index (κ1) is 19.3. The summed E-state index contributed by atoms with van der Waals surface area (Å²) in [5.41, 5.74) is 3.43. The molecule has 0 radical (unpaired) electrons. The molecular weight excluding hydrogens is 416 g/mol. The predicted octanol–water partition coefficient (Wildman–Crippen LogP) is 5.71. The maximum atomic E-state index is 13.1. The van der Waals surface area contributed by atoms with Crippen LogP contribution in [0.4, 0.5) is 5.13 Å². The number of Topliss-reactive ketones (excluding diaryl/α,β-unsaturated/α-hetero) is 1. The highest BCUT2D eigenvalue weighted by atomic mass is 35.5. The first-order chi connectivity index (χ1) is 14.4. The molecule has 2 aliphatic rings. The summed E-state index contributed by atoms with van der Waals surface area (Å²) in [6.45, 7) is 4.24. The van der Waals surface area contributed by atoms with Crippen LogP contribution in [0.15, 0.2) is 64.8 Å². The monoisotopic (exact) mass is 436 g/mol. The van der Waals surface area contributed by atoms with Crippen molar-refractivity contribution in [3.05, 3.63) is 70.4 Å².